The molecule has 3 N–H and O–H groups in total. The summed E-state index contributed by atoms with van der Waals surface area (Å²) in [6, 6.07) is -0.0469. The lowest BCUT2D eigenvalue weighted by molar-refractivity contribution is -0.136. The smallest absolute Gasteiger partial charge is 0.239 e. The molecule has 82 valence electrons. The van der Waals surface area contributed by atoms with Crippen molar-refractivity contribution in [2.24, 2.45) is 5.73 Å². The largest absolute Gasteiger partial charge is 0.396 e. The van der Waals surface area contributed by atoms with Crippen molar-refractivity contribution < 1.29 is 9.90 Å². The molecule has 1 aliphatic carbocycles. The van der Waals surface area contributed by atoms with E-state index in [-0.39, 0.29) is 12.5 Å². The molecule has 0 aromatic heterocycles. The fourth-order valence-corrected chi connectivity index (χ4v) is 1.67. The zero-order valence-electron chi connectivity index (χ0n) is 8.78. The number of carbonyl (C=O) groups excluding carboxylic acids is 1. The monoisotopic (exact) mass is 200 g/mol. The lowest BCUT2D eigenvalue weighted by atomic mass is 9.91. The molecule has 0 aliphatic heterocycles. The molecular weight excluding hydrogens is 180 g/mol. The van der Waals surface area contributed by atoms with Gasteiger partial charge in [0.15, 0.2) is 0 Å². The number of hydrogen-bond donors (Lipinski definition) is 2. The van der Waals surface area contributed by atoms with Crippen LogP contribution in [0.15, 0.2) is 0 Å². The SMILES string of the molecule is C[C@@H](N)C(=O)N(CCCO)C1CCC1. The van der Waals surface area contributed by atoms with Gasteiger partial charge < -0.3 is 15.7 Å². The third-order valence-electron chi connectivity index (χ3n) is 2.75. The molecule has 1 fully saturated rings. The predicted octanol–water partition coefficient (Wildman–Crippen LogP) is 0.0971. The Kier molecular flexibility index (Phi) is 4.35. The fourth-order valence-electron chi connectivity index (χ4n) is 1.67. The Hall–Kier alpha value is -0.610. The van der Waals surface area contributed by atoms with Gasteiger partial charge in [-0.1, -0.05) is 0 Å². The van der Waals surface area contributed by atoms with Crippen LogP contribution < -0.4 is 5.73 Å². The van der Waals surface area contributed by atoms with Crippen LogP contribution in [0.25, 0.3) is 0 Å². The molecule has 1 rings (SSSR count). The Bertz CT molecular complexity index is 191. The number of aliphatic hydroxyl groups is 1. The van der Waals surface area contributed by atoms with Gasteiger partial charge in [-0.05, 0) is 32.6 Å². The zero-order chi connectivity index (χ0) is 10.6. The highest BCUT2D eigenvalue weighted by Gasteiger charge is 2.29. The lowest BCUT2D eigenvalue weighted by Crippen LogP contribution is -2.50. The van der Waals surface area contributed by atoms with E-state index in [2.05, 4.69) is 0 Å². The van der Waals surface area contributed by atoms with Gasteiger partial charge in [0.25, 0.3) is 0 Å². The highest BCUT2D eigenvalue weighted by Crippen LogP contribution is 2.25. The molecular formula is C10H20N2O2. The number of nitrogens with two attached hydrogens (primary N) is 1. The molecule has 1 amide bonds. The molecule has 0 radical (unpaired) electrons. The van der Waals surface area contributed by atoms with Crippen molar-refractivity contribution in [1.29, 1.82) is 0 Å². The molecule has 1 atom stereocenters. The van der Waals surface area contributed by atoms with Crippen LogP contribution in [0, 0.1) is 0 Å². The maximum atomic E-state index is 11.7. The van der Waals surface area contributed by atoms with Gasteiger partial charge >= 0.3 is 0 Å². The summed E-state index contributed by atoms with van der Waals surface area (Å²) >= 11 is 0. The number of carbonyl (C=O) groups is 1. The molecule has 0 unspecified atom stereocenters. The Morgan fingerprint density at radius 2 is 2.29 bits per heavy atom. The molecule has 0 spiro atoms. The van der Waals surface area contributed by atoms with Crippen molar-refractivity contribution in [2.75, 3.05) is 13.2 Å². The third-order valence-corrected chi connectivity index (χ3v) is 2.75. The summed E-state index contributed by atoms with van der Waals surface area (Å²) in [7, 11) is 0. The summed E-state index contributed by atoms with van der Waals surface area (Å²) in [4.78, 5) is 13.5. The Morgan fingerprint density at radius 1 is 1.64 bits per heavy atom. The van der Waals surface area contributed by atoms with Gasteiger partial charge in [0, 0.05) is 19.2 Å². The third kappa shape index (κ3) is 2.69. The molecule has 14 heavy (non-hydrogen) atoms. The second kappa shape index (κ2) is 5.32. The lowest BCUT2D eigenvalue weighted by Gasteiger charge is -2.38. The fraction of sp³-hybridized carbons (Fsp3) is 0.900. The van der Waals surface area contributed by atoms with Crippen molar-refractivity contribution >= 4 is 5.91 Å². The molecule has 0 saturated heterocycles. The summed E-state index contributed by atoms with van der Waals surface area (Å²) in [6.07, 6.45) is 4.02. The van der Waals surface area contributed by atoms with Crippen molar-refractivity contribution in [3.63, 3.8) is 0 Å². The van der Waals surface area contributed by atoms with Crippen LogP contribution in [0.5, 0.6) is 0 Å². The Morgan fingerprint density at radius 3 is 2.64 bits per heavy atom. The van der Waals surface area contributed by atoms with Crippen LogP contribution in [0.1, 0.15) is 32.6 Å². The number of nitrogens with zero attached hydrogens (tertiary/aromatic N) is 1. The maximum absolute atomic E-state index is 11.7. The van der Waals surface area contributed by atoms with E-state index in [1.54, 1.807) is 6.92 Å². The normalized spacial score (nSPS) is 18.8. The highest BCUT2D eigenvalue weighted by atomic mass is 16.3. The first-order valence-electron chi connectivity index (χ1n) is 5.33. The summed E-state index contributed by atoms with van der Waals surface area (Å²) in [5.74, 6) is 0.0168. The number of rotatable bonds is 5. The van der Waals surface area contributed by atoms with Crippen molar-refractivity contribution in [2.45, 2.75) is 44.7 Å². The average molecular weight is 200 g/mol. The van der Waals surface area contributed by atoms with Crippen LogP contribution >= 0.6 is 0 Å². The molecule has 0 bridgehead atoms. The van der Waals surface area contributed by atoms with E-state index in [9.17, 15) is 4.79 Å². The van der Waals surface area contributed by atoms with Gasteiger partial charge in [-0.15, -0.1) is 0 Å². The summed E-state index contributed by atoms with van der Waals surface area (Å²) in [5, 5.41) is 8.74. The van der Waals surface area contributed by atoms with Crippen molar-refractivity contribution in [3.05, 3.63) is 0 Å². The summed E-state index contributed by atoms with van der Waals surface area (Å²) in [5.41, 5.74) is 5.57. The first-order chi connectivity index (χ1) is 6.66. The van der Waals surface area contributed by atoms with Crippen LogP contribution in [0.2, 0.25) is 0 Å². The van der Waals surface area contributed by atoms with E-state index in [0.717, 1.165) is 12.8 Å². The van der Waals surface area contributed by atoms with E-state index in [4.69, 9.17) is 10.8 Å². The summed E-state index contributed by atoms with van der Waals surface area (Å²) < 4.78 is 0. The first kappa shape index (κ1) is 11.5. The second-order valence-electron chi connectivity index (χ2n) is 3.98. The molecule has 4 nitrogen and oxygen atoms in total. The molecule has 1 saturated carbocycles. The second-order valence-corrected chi connectivity index (χ2v) is 3.98. The van der Waals surface area contributed by atoms with E-state index in [1.807, 2.05) is 4.90 Å². The average Bonchev–Trinajstić information content (AvgIpc) is 2.07. The topological polar surface area (TPSA) is 66.6 Å². The van der Waals surface area contributed by atoms with Crippen molar-refractivity contribution in [1.82, 2.24) is 4.90 Å². The van der Waals surface area contributed by atoms with Gasteiger partial charge in [0.2, 0.25) is 5.91 Å². The zero-order valence-corrected chi connectivity index (χ0v) is 8.78. The Balaban J connectivity index is 2.46. The van der Waals surface area contributed by atoms with Gasteiger partial charge in [-0.3, -0.25) is 4.79 Å². The van der Waals surface area contributed by atoms with Crippen LogP contribution in [0.3, 0.4) is 0 Å². The van der Waals surface area contributed by atoms with Gasteiger partial charge in [-0.25, -0.2) is 0 Å². The van der Waals surface area contributed by atoms with Gasteiger partial charge in [0.1, 0.15) is 0 Å². The first-order valence-corrected chi connectivity index (χ1v) is 5.33. The van der Waals surface area contributed by atoms with Gasteiger partial charge in [0.05, 0.1) is 6.04 Å². The van der Waals surface area contributed by atoms with E-state index in [1.165, 1.54) is 6.42 Å². The molecule has 4 heteroatoms. The quantitative estimate of drug-likeness (QED) is 0.661. The van der Waals surface area contributed by atoms with E-state index in [0.29, 0.717) is 19.0 Å². The van der Waals surface area contributed by atoms with Crippen LogP contribution in [-0.4, -0.2) is 41.1 Å². The van der Waals surface area contributed by atoms with Gasteiger partial charge in [-0.2, -0.15) is 0 Å². The molecule has 0 heterocycles. The summed E-state index contributed by atoms with van der Waals surface area (Å²) in [6.45, 7) is 2.49. The van der Waals surface area contributed by atoms with E-state index < -0.39 is 6.04 Å². The Labute approximate surface area is 85.1 Å². The predicted molar refractivity (Wildman–Crippen MR) is 54.7 cm³/mol. The van der Waals surface area contributed by atoms with Crippen LogP contribution in [-0.2, 0) is 4.79 Å². The minimum atomic E-state index is -0.422. The number of hydrogen-bond acceptors (Lipinski definition) is 3. The minimum Gasteiger partial charge on any atom is -0.396 e. The highest BCUT2D eigenvalue weighted by molar-refractivity contribution is 5.81. The van der Waals surface area contributed by atoms with Crippen molar-refractivity contribution in [3.8, 4) is 0 Å². The minimum absolute atomic E-state index is 0.0168. The van der Waals surface area contributed by atoms with Crippen LogP contribution in [0.4, 0.5) is 0 Å². The number of aliphatic hydroxyl groups excluding tert-OH is 1. The molecule has 0 aromatic carbocycles. The maximum Gasteiger partial charge on any atom is 0.239 e. The van der Waals surface area contributed by atoms with E-state index >= 15 is 0 Å². The molecule has 0 aromatic rings. The number of amides is 1. The standard InChI is InChI=1S/C10H20N2O2/c1-8(11)10(14)12(6-3-7-13)9-4-2-5-9/h8-9,13H,2-7,11H2,1H3/t8-/m1/s1. The molecule has 1 aliphatic rings.